The molecule has 0 saturated carbocycles. The van der Waals surface area contributed by atoms with E-state index in [1.54, 1.807) is 6.20 Å². The first kappa shape index (κ1) is 12.3. The fraction of sp³-hybridized carbons (Fsp3) is 0.500. The van der Waals surface area contributed by atoms with Crippen molar-refractivity contribution in [3.63, 3.8) is 0 Å². The maximum Gasteiger partial charge on any atom is 0.0727 e. The molecule has 2 unspecified atom stereocenters. The van der Waals surface area contributed by atoms with E-state index in [-0.39, 0.29) is 0 Å². The smallest absolute Gasteiger partial charge is 0.0727 e. The summed E-state index contributed by atoms with van der Waals surface area (Å²) >= 11 is 0. The lowest BCUT2D eigenvalue weighted by atomic mass is 10.0. The summed E-state index contributed by atoms with van der Waals surface area (Å²) in [6.45, 7) is 7.70. The standard InChI is InChI=1S/C14H20N2O/c1-3-12-9-15-6-4-13(12)10-17-14-5-7-16-11(2)8-14/h3-4,6,9,11,14,16H,1,5,7-8,10H2,2H3. The van der Waals surface area contributed by atoms with E-state index in [1.165, 1.54) is 5.56 Å². The Balaban J connectivity index is 1.90. The van der Waals surface area contributed by atoms with E-state index >= 15 is 0 Å². The van der Waals surface area contributed by atoms with E-state index in [1.807, 2.05) is 18.3 Å². The number of nitrogens with one attached hydrogen (secondary N) is 1. The highest BCUT2D eigenvalue weighted by atomic mass is 16.5. The first-order valence-electron chi connectivity index (χ1n) is 6.20. The van der Waals surface area contributed by atoms with Crippen molar-refractivity contribution < 1.29 is 4.74 Å². The number of ether oxygens (including phenoxy) is 1. The third-order valence-corrected chi connectivity index (χ3v) is 3.22. The number of hydrogen-bond donors (Lipinski definition) is 1. The molecule has 0 radical (unpaired) electrons. The summed E-state index contributed by atoms with van der Waals surface area (Å²) in [7, 11) is 0. The Labute approximate surface area is 103 Å². The average molecular weight is 232 g/mol. The van der Waals surface area contributed by atoms with Gasteiger partial charge in [0, 0.05) is 18.4 Å². The summed E-state index contributed by atoms with van der Waals surface area (Å²) in [5.74, 6) is 0. The lowest BCUT2D eigenvalue weighted by molar-refractivity contribution is 0.0126. The number of pyridine rings is 1. The summed E-state index contributed by atoms with van der Waals surface area (Å²) in [5, 5.41) is 3.43. The van der Waals surface area contributed by atoms with Gasteiger partial charge in [-0.3, -0.25) is 4.98 Å². The van der Waals surface area contributed by atoms with Crippen molar-refractivity contribution in [2.24, 2.45) is 0 Å². The fourth-order valence-corrected chi connectivity index (χ4v) is 2.20. The van der Waals surface area contributed by atoms with E-state index in [4.69, 9.17) is 4.74 Å². The molecule has 3 nitrogen and oxygen atoms in total. The maximum atomic E-state index is 5.97. The van der Waals surface area contributed by atoms with E-state index < -0.39 is 0 Å². The van der Waals surface area contributed by atoms with Crippen LogP contribution in [-0.4, -0.2) is 23.7 Å². The Hall–Kier alpha value is -1.19. The predicted octanol–water partition coefficient (Wildman–Crippen LogP) is 2.38. The quantitative estimate of drug-likeness (QED) is 0.865. The van der Waals surface area contributed by atoms with Crippen LogP contribution in [0, 0.1) is 0 Å². The van der Waals surface area contributed by atoms with Gasteiger partial charge in [-0.2, -0.15) is 0 Å². The summed E-state index contributed by atoms with van der Waals surface area (Å²) in [6, 6.07) is 2.56. The Morgan fingerprint density at radius 2 is 2.53 bits per heavy atom. The molecule has 17 heavy (non-hydrogen) atoms. The zero-order chi connectivity index (χ0) is 12.1. The van der Waals surface area contributed by atoms with Gasteiger partial charge in [-0.25, -0.2) is 0 Å². The molecule has 3 heteroatoms. The molecule has 0 spiro atoms. The second-order valence-corrected chi connectivity index (χ2v) is 4.59. The molecular weight excluding hydrogens is 212 g/mol. The normalized spacial score (nSPS) is 24.5. The number of nitrogens with zero attached hydrogens (tertiary/aromatic N) is 1. The summed E-state index contributed by atoms with van der Waals surface area (Å²) in [6.07, 6.45) is 8.02. The molecule has 1 saturated heterocycles. The zero-order valence-electron chi connectivity index (χ0n) is 10.4. The molecule has 2 rings (SSSR count). The van der Waals surface area contributed by atoms with Gasteiger partial charge >= 0.3 is 0 Å². The Bertz CT molecular complexity index is 378. The molecule has 1 aliphatic rings. The van der Waals surface area contributed by atoms with E-state index in [2.05, 4.69) is 23.8 Å². The molecule has 1 aromatic heterocycles. The fourth-order valence-electron chi connectivity index (χ4n) is 2.20. The van der Waals surface area contributed by atoms with Gasteiger partial charge in [-0.05, 0) is 43.5 Å². The first-order valence-corrected chi connectivity index (χ1v) is 6.20. The lowest BCUT2D eigenvalue weighted by Gasteiger charge is -2.28. The van der Waals surface area contributed by atoms with Crippen LogP contribution in [0.3, 0.4) is 0 Å². The number of rotatable bonds is 4. The maximum absolute atomic E-state index is 5.97. The highest BCUT2D eigenvalue weighted by molar-refractivity contribution is 5.49. The minimum Gasteiger partial charge on any atom is -0.373 e. The van der Waals surface area contributed by atoms with Gasteiger partial charge < -0.3 is 10.1 Å². The van der Waals surface area contributed by atoms with Crippen LogP contribution in [-0.2, 0) is 11.3 Å². The molecule has 0 aromatic carbocycles. The van der Waals surface area contributed by atoms with Crippen molar-refractivity contribution >= 4 is 6.08 Å². The Morgan fingerprint density at radius 1 is 1.65 bits per heavy atom. The SMILES string of the molecule is C=Cc1cnccc1COC1CCNC(C)C1. The van der Waals surface area contributed by atoms with Crippen molar-refractivity contribution in [1.29, 1.82) is 0 Å². The van der Waals surface area contributed by atoms with Crippen LogP contribution < -0.4 is 5.32 Å². The molecule has 2 heterocycles. The Morgan fingerprint density at radius 3 is 3.29 bits per heavy atom. The Kier molecular flexibility index (Phi) is 4.29. The number of aromatic nitrogens is 1. The molecule has 0 aliphatic carbocycles. The van der Waals surface area contributed by atoms with Gasteiger partial charge in [-0.15, -0.1) is 0 Å². The molecule has 92 valence electrons. The molecule has 1 aliphatic heterocycles. The van der Waals surface area contributed by atoms with E-state index in [0.717, 1.165) is 24.9 Å². The second-order valence-electron chi connectivity index (χ2n) is 4.59. The van der Waals surface area contributed by atoms with Crippen LogP contribution in [0.2, 0.25) is 0 Å². The highest BCUT2D eigenvalue weighted by Crippen LogP contribution is 2.16. The molecule has 1 aromatic rings. The minimum atomic E-state index is 0.372. The second kappa shape index (κ2) is 5.94. The summed E-state index contributed by atoms with van der Waals surface area (Å²) < 4.78 is 5.97. The largest absolute Gasteiger partial charge is 0.373 e. The van der Waals surface area contributed by atoms with Crippen LogP contribution in [0.15, 0.2) is 25.0 Å². The molecule has 0 bridgehead atoms. The first-order chi connectivity index (χ1) is 8.29. The van der Waals surface area contributed by atoms with Gasteiger partial charge in [0.1, 0.15) is 0 Å². The molecule has 2 atom stereocenters. The van der Waals surface area contributed by atoms with Gasteiger partial charge in [0.25, 0.3) is 0 Å². The van der Waals surface area contributed by atoms with Gasteiger partial charge in [-0.1, -0.05) is 12.7 Å². The predicted molar refractivity (Wildman–Crippen MR) is 69.6 cm³/mol. The monoisotopic (exact) mass is 232 g/mol. The van der Waals surface area contributed by atoms with Crippen molar-refractivity contribution in [1.82, 2.24) is 10.3 Å². The van der Waals surface area contributed by atoms with Crippen LogP contribution in [0.1, 0.15) is 30.9 Å². The van der Waals surface area contributed by atoms with E-state index in [9.17, 15) is 0 Å². The summed E-state index contributed by atoms with van der Waals surface area (Å²) in [5.41, 5.74) is 2.23. The van der Waals surface area contributed by atoms with Crippen molar-refractivity contribution in [2.45, 2.75) is 38.5 Å². The number of piperidine rings is 1. The molecular formula is C14H20N2O. The zero-order valence-corrected chi connectivity index (χ0v) is 10.4. The topological polar surface area (TPSA) is 34.1 Å². The van der Waals surface area contributed by atoms with Gasteiger partial charge in [0.05, 0.1) is 12.7 Å². The van der Waals surface area contributed by atoms with Crippen LogP contribution in [0.5, 0.6) is 0 Å². The summed E-state index contributed by atoms with van der Waals surface area (Å²) in [4.78, 5) is 4.09. The van der Waals surface area contributed by atoms with Crippen LogP contribution in [0.4, 0.5) is 0 Å². The van der Waals surface area contributed by atoms with Crippen molar-refractivity contribution in [3.05, 3.63) is 36.2 Å². The van der Waals surface area contributed by atoms with Crippen LogP contribution >= 0.6 is 0 Å². The average Bonchev–Trinajstić information content (AvgIpc) is 2.37. The molecule has 0 amide bonds. The third-order valence-electron chi connectivity index (χ3n) is 3.22. The third kappa shape index (κ3) is 3.38. The van der Waals surface area contributed by atoms with Gasteiger partial charge in [0.2, 0.25) is 0 Å². The van der Waals surface area contributed by atoms with Crippen molar-refractivity contribution in [3.8, 4) is 0 Å². The van der Waals surface area contributed by atoms with Crippen LogP contribution in [0.25, 0.3) is 6.08 Å². The van der Waals surface area contributed by atoms with Gasteiger partial charge in [0.15, 0.2) is 0 Å². The lowest BCUT2D eigenvalue weighted by Crippen LogP contribution is -2.39. The molecule has 1 fully saturated rings. The highest BCUT2D eigenvalue weighted by Gasteiger charge is 2.18. The van der Waals surface area contributed by atoms with Crippen molar-refractivity contribution in [2.75, 3.05) is 6.54 Å². The minimum absolute atomic E-state index is 0.372. The van der Waals surface area contributed by atoms with E-state index in [0.29, 0.717) is 18.8 Å². The molecule has 1 N–H and O–H groups in total. The number of hydrogen-bond acceptors (Lipinski definition) is 3.